The average Bonchev–Trinajstić information content (AvgIpc) is 2.97. The number of hydrogen-bond acceptors (Lipinski definition) is 4. The number of esters is 1. The molecule has 4 rings (SSSR count). The zero-order chi connectivity index (χ0) is 22.3. The molecule has 1 heterocycles. The minimum Gasteiger partial charge on any atom is -0.423 e. The predicted molar refractivity (Wildman–Crippen MR) is 119 cm³/mol. The van der Waals surface area contributed by atoms with Crippen molar-refractivity contribution in [2.75, 3.05) is 4.90 Å². The van der Waals surface area contributed by atoms with Gasteiger partial charge in [0.1, 0.15) is 5.75 Å². The average molecular weight is 420 g/mol. The smallest absolute Gasteiger partial charge is 0.343 e. The molecule has 3 atom stereocenters. The Kier molecular flexibility index (Phi) is 5.46. The van der Waals surface area contributed by atoms with Gasteiger partial charge in [-0.05, 0) is 72.6 Å². The van der Waals surface area contributed by atoms with Crippen molar-refractivity contribution >= 4 is 23.5 Å². The van der Waals surface area contributed by atoms with Crippen molar-refractivity contribution in [2.24, 2.45) is 17.8 Å². The first kappa shape index (κ1) is 21.3. The van der Waals surface area contributed by atoms with Crippen LogP contribution in [0.2, 0.25) is 0 Å². The third-order valence-corrected chi connectivity index (χ3v) is 6.48. The number of rotatable bonds is 3. The Morgan fingerprint density at radius 3 is 2.13 bits per heavy atom. The van der Waals surface area contributed by atoms with Gasteiger partial charge in [0.05, 0.1) is 23.1 Å². The molecule has 0 N–H and O–H groups in total. The van der Waals surface area contributed by atoms with Crippen LogP contribution in [-0.2, 0) is 15.0 Å². The fraction of sp³-hybridized carbons (Fsp3) is 0.423. The summed E-state index contributed by atoms with van der Waals surface area (Å²) in [6, 6.07) is 14.0. The molecule has 31 heavy (non-hydrogen) atoms. The van der Waals surface area contributed by atoms with E-state index < -0.39 is 5.97 Å². The summed E-state index contributed by atoms with van der Waals surface area (Å²) in [6.07, 6.45) is 2.52. The summed E-state index contributed by atoms with van der Waals surface area (Å²) in [6.45, 7) is 8.51. The molecular weight excluding hydrogens is 390 g/mol. The molecule has 1 saturated carbocycles. The zero-order valence-corrected chi connectivity index (χ0v) is 18.6. The summed E-state index contributed by atoms with van der Waals surface area (Å²) >= 11 is 0. The van der Waals surface area contributed by atoms with Crippen LogP contribution < -0.4 is 9.64 Å². The Balaban J connectivity index is 1.46. The first-order valence-electron chi connectivity index (χ1n) is 11.0. The molecule has 5 nitrogen and oxygen atoms in total. The summed E-state index contributed by atoms with van der Waals surface area (Å²) in [5.74, 6) is -0.178. The molecule has 2 aromatic rings. The second kappa shape index (κ2) is 7.95. The third kappa shape index (κ3) is 4.14. The SMILES string of the molecule is C[C@@H]1CC[C@@H]2C(=O)N(c3ccc(C(=O)Oc4ccc(C(C)(C)C)cc4)cc3)C(=O)[C@H]2C1. The summed E-state index contributed by atoms with van der Waals surface area (Å²) in [4.78, 5) is 39.5. The highest BCUT2D eigenvalue weighted by molar-refractivity contribution is 6.22. The van der Waals surface area contributed by atoms with Gasteiger partial charge in [-0.3, -0.25) is 14.5 Å². The van der Waals surface area contributed by atoms with E-state index in [0.29, 0.717) is 22.9 Å². The molecule has 0 aromatic heterocycles. The van der Waals surface area contributed by atoms with Gasteiger partial charge in [-0.25, -0.2) is 4.79 Å². The van der Waals surface area contributed by atoms with Gasteiger partial charge in [-0.1, -0.05) is 39.8 Å². The molecule has 5 heteroatoms. The number of nitrogens with zero attached hydrogens (tertiary/aromatic N) is 1. The fourth-order valence-corrected chi connectivity index (χ4v) is 4.58. The van der Waals surface area contributed by atoms with E-state index in [-0.39, 0.29) is 29.1 Å². The van der Waals surface area contributed by atoms with E-state index in [0.717, 1.165) is 24.8 Å². The lowest BCUT2D eigenvalue weighted by molar-refractivity contribution is -0.122. The van der Waals surface area contributed by atoms with Crippen LogP contribution in [0.1, 0.15) is 62.9 Å². The number of amides is 2. The van der Waals surface area contributed by atoms with Crippen molar-refractivity contribution in [1.29, 1.82) is 0 Å². The highest BCUT2D eigenvalue weighted by Crippen LogP contribution is 2.42. The fourth-order valence-electron chi connectivity index (χ4n) is 4.58. The molecule has 1 saturated heterocycles. The highest BCUT2D eigenvalue weighted by Gasteiger charge is 2.49. The van der Waals surface area contributed by atoms with Gasteiger partial charge in [0, 0.05) is 0 Å². The number of benzene rings is 2. The number of imide groups is 1. The van der Waals surface area contributed by atoms with E-state index in [2.05, 4.69) is 27.7 Å². The second-order valence-electron chi connectivity index (χ2n) is 9.85. The Morgan fingerprint density at radius 1 is 0.903 bits per heavy atom. The first-order chi connectivity index (χ1) is 14.6. The maximum absolute atomic E-state index is 12.9. The van der Waals surface area contributed by atoms with E-state index >= 15 is 0 Å². The van der Waals surface area contributed by atoms with Crippen LogP contribution in [0.25, 0.3) is 0 Å². The lowest BCUT2D eigenvalue weighted by Gasteiger charge is -2.25. The van der Waals surface area contributed by atoms with Gasteiger partial charge in [-0.2, -0.15) is 0 Å². The van der Waals surface area contributed by atoms with Crippen molar-refractivity contribution in [3.05, 3.63) is 59.7 Å². The molecule has 162 valence electrons. The van der Waals surface area contributed by atoms with E-state index in [1.54, 1.807) is 36.4 Å². The number of fused-ring (bicyclic) bond motifs is 1. The van der Waals surface area contributed by atoms with E-state index in [9.17, 15) is 14.4 Å². The van der Waals surface area contributed by atoms with Gasteiger partial charge in [0.15, 0.2) is 0 Å². The zero-order valence-electron chi connectivity index (χ0n) is 18.6. The Morgan fingerprint density at radius 2 is 1.52 bits per heavy atom. The summed E-state index contributed by atoms with van der Waals surface area (Å²) < 4.78 is 5.48. The molecule has 2 fully saturated rings. The topological polar surface area (TPSA) is 63.7 Å². The normalized spacial score (nSPS) is 23.6. The van der Waals surface area contributed by atoms with Crippen LogP contribution >= 0.6 is 0 Å². The standard InChI is InChI=1S/C26H29NO4/c1-16-5-14-21-22(15-16)24(29)27(23(21)28)19-10-6-17(7-11-19)25(30)31-20-12-8-18(9-13-20)26(2,3)4/h6-13,16,21-22H,5,14-15H2,1-4H3/t16-,21+,22+/m1/s1. The Hall–Kier alpha value is -2.95. The van der Waals surface area contributed by atoms with Crippen LogP contribution in [-0.4, -0.2) is 17.8 Å². The van der Waals surface area contributed by atoms with Crippen molar-refractivity contribution in [3.63, 3.8) is 0 Å². The monoisotopic (exact) mass is 419 g/mol. The molecule has 0 spiro atoms. The molecule has 0 unspecified atom stereocenters. The predicted octanol–water partition coefficient (Wildman–Crippen LogP) is 5.13. The number of carbonyl (C=O) groups is 3. The van der Waals surface area contributed by atoms with Gasteiger partial charge >= 0.3 is 5.97 Å². The molecule has 2 aliphatic rings. The maximum Gasteiger partial charge on any atom is 0.343 e. The summed E-state index contributed by atoms with van der Waals surface area (Å²) in [7, 11) is 0. The number of ether oxygens (including phenoxy) is 1. The maximum atomic E-state index is 12.9. The molecule has 1 aliphatic carbocycles. The lowest BCUT2D eigenvalue weighted by atomic mass is 9.76. The van der Waals surface area contributed by atoms with E-state index in [1.165, 1.54) is 4.90 Å². The van der Waals surface area contributed by atoms with Gasteiger partial charge in [0.2, 0.25) is 11.8 Å². The quantitative estimate of drug-likeness (QED) is 0.393. The lowest BCUT2D eigenvalue weighted by Crippen LogP contribution is -2.30. The highest BCUT2D eigenvalue weighted by atomic mass is 16.5. The van der Waals surface area contributed by atoms with Crippen molar-refractivity contribution < 1.29 is 19.1 Å². The van der Waals surface area contributed by atoms with Crippen LogP contribution in [0.4, 0.5) is 5.69 Å². The van der Waals surface area contributed by atoms with Crippen molar-refractivity contribution in [3.8, 4) is 5.75 Å². The molecular formula is C26H29NO4. The minimum absolute atomic E-state index is 0.0261. The van der Waals surface area contributed by atoms with Crippen molar-refractivity contribution in [2.45, 2.75) is 52.4 Å². The van der Waals surface area contributed by atoms with Gasteiger partial charge in [-0.15, -0.1) is 0 Å². The largest absolute Gasteiger partial charge is 0.423 e. The molecule has 0 bridgehead atoms. The Labute approximate surface area is 183 Å². The van der Waals surface area contributed by atoms with Gasteiger partial charge in [0.25, 0.3) is 0 Å². The molecule has 2 aromatic carbocycles. The second-order valence-corrected chi connectivity index (χ2v) is 9.85. The summed E-state index contributed by atoms with van der Waals surface area (Å²) in [5, 5.41) is 0. The molecule has 2 amide bonds. The van der Waals surface area contributed by atoms with Crippen molar-refractivity contribution in [1.82, 2.24) is 0 Å². The van der Waals surface area contributed by atoms with Crippen LogP contribution in [0.3, 0.4) is 0 Å². The third-order valence-electron chi connectivity index (χ3n) is 6.48. The van der Waals surface area contributed by atoms with E-state index in [4.69, 9.17) is 4.74 Å². The van der Waals surface area contributed by atoms with Gasteiger partial charge < -0.3 is 4.74 Å². The van der Waals surface area contributed by atoms with Crippen LogP contribution in [0.5, 0.6) is 5.75 Å². The van der Waals surface area contributed by atoms with Crippen LogP contribution in [0, 0.1) is 17.8 Å². The van der Waals surface area contributed by atoms with E-state index in [1.807, 2.05) is 12.1 Å². The number of anilines is 1. The van der Waals surface area contributed by atoms with Crippen LogP contribution in [0.15, 0.2) is 48.5 Å². The minimum atomic E-state index is -0.475. The summed E-state index contributed by atoms with van der Waals surface area (Å²) in [5.41, 5.74) is 2.07. The first-order valence-corrected chi connectivity index (χ1v) is 11.0. The molecule has 1 aliphatic heterocycles. The number of hydrogen-bond donors (Lipinski definition) is 0. The number of carbonyl (C=O) groups excluding carboxylic acids is 3. The Bertz CT molecular complexity index is 1000. The molecule has 0 radical (unpaired) electrons.